The molecule has 2 heterocycles. The van der Waals surface area contributed by atoms with E-state index < -0.39 is 0 Å². The predicted molar refractivity (Wildman–Crippen MR) is 140 cm³/mol. The number of guanidine groups is 1. The Morgan fingerprint density at radius 1 is 1.25 bits per heavy atom. The van der Waals surface area contributed by atoms with Crippen molar-refractivity contribution < 1.29 is 14.3 Å². The molecule has 1 amide bonds. The summed E-state index contributed by atoms with van der Waals surface area (Å²) in [6.45, 7) is 7.97. The number of carbonyl (C=O) groups is 1. The van der Waals surface area contributed by atoms with Gasteiger partial charge in [0.05, 0.1) is 13.2 Å². The van der Waals surface area contributed by atoms with Crippen molar-refractivity contribution in [2.45, 2.75) is 33.4 Å². The van der Waals surface area contributed by atoms with Crippen LogP contribution in [0.25, 0.3) is 0 Å². The number of hydrogen-bond acceptors (Lipinski definition) is 5. The molecule has 1 aromatic heterocycles. The monoisotopic (exact) mass is 572 g/mol. The van der Waals surface area contributed by atoms with Crippen LogP contribution in [0.1, 0.15) is 28.5 Å². The van der Waals surface area contributed by atoms with Crippen LogP contribution >= 0.6 is 35.3 Å². The number of carbonyl (C=O) groups excluding carboxylic acids is 1. The van der Waals surface area contributed by atoms with Crippen LogP contribution in [-0.4, -0.2) is 56.7 Å². The molecule has 0 radical (unpaired) electrons. The third kappa shape index (κ3) is 7.63. The minimum absolute atomic E-state index is 0. The molecular formula is C23H33IN4O3S. The first-order chi connectivity index (χ1) is 15.1. The Balaban J connectivity index is 0.00000363. The van der Waals surface area contributed by atoms with Gasteiger partial charge < -0.3 is 25.0 Å². The van der Waals surface area contributed by atoms with E-state index in [1.54, 1.807) is 18.4 Å². The average molecular weight is 573 g/mol. The molecule has 0 bridgehead atoms. The highest BCUT2D eigenvalue weighted by Gasteiger charge is 2.21. The minimum Gasteiger partial charge on any atom is -0.491 e. The van der Waals surface area contributed by atoms with E-state index in [9.17, 15) is 4.79 Å². The van der Waals surface area contributed by atoms with Crippen LogP contribution in [0.15, 0.2) is 34.6 Å². The summed E-state index contributed by atoms with van der Waals surface area (Å²) >= 11 is 1.77. The SMILES string of the molecule is CCOCCOc1cc(C)ccc1CNC(=NC)NCC(=O)N1CCc2sccc2C1.I. The molecule has 9 heteroatoms. The van der Waals surface area contributed by atoms with Crippen molar-refractivity contribution in [3.8, 4) is 5.75 Å². The van der Waals surface area contributed by atoms with Gasteiger partial charge in [-0.2, -0.15) is 0 Å². The predicted octanol–water partition coefficient (Wildman–Crippen LogP) is 3.34. The van der Waals surface area contributed by atoms with Gasteiger partial charge in [0.1, 0.15) is 12.4 Å². The Hall–Kier alpha value is -1.85. The lowest BCUT2D eigenvalue weighted by atomic mass is 10.1. The van der Waals surface area contributed by atoms with E-state index in [1.165, 1.54) is 10.4 Å². The molecule has 2 N–H and O–H groups in total. The molecule has 0 saturated heterocycles. The number of halogens is 1. The van der Waals surface area contributed by atoms with Gasteiger partial charge in [-0.15, -0.1) is 35.3 Å². The third-order valence-corrected chi connectivity index (χ3v) is 6.17. The Morgan fingerprint density at radius 2 is 2.09 bits per heavy atom. The molecule has 32 heavy (non-hydrogen) atoms. The fraction of sp³-hybridized carbons (Fsp3) is 0.478. The van der Waals surface area contributed by atoms with Crippen molar-refractivity contribution in [3.05, 3.63) is 51.2 Å². The lowest BCUT2D eigenvalue weighted by molar-refractivity contribution is -0.130. The van der Waals surface area contributed by atoms with E-state index in [4.69, 9.17) is 9.47 Å². The van der Waals surface area contributed by atoms with Gasteiger partial charge in [-0.25, -0.2) is 0 Å². The number of thiophene rings is 1. The quantitative estimate of drug-likeness (QED) is 0.209. The summed E-state index contributed by atoms with van der Waals surface area (Å²) in [7, 11) is 1.70. The van der Waals surface area contributed by atoms with E-state index in [-0.39, 0.29) is 36.4 Å². The number of aliphatic imine (C=N–C) groups is 1. The molecule has 1 aromatic carbocycles. The maximum atomic E-state index is 12.6. The Morgan fingerprint density at radius 3 is 2.88 bits per heavy atom. The molecule has 2 aromatic rings. The van der Waals surface area contributed by atoms with Crippen LogP contribution in [0, 0.1) is 6.92 Å². The van der Waals surface area contributed by atoms with Gasteiger partial charge in [-0.1, -0.05) is 12.1 Å². The number of nitrogens with zero attached hydrogens (tertiary/aromatic N) is 2. The van der Waals surface area contributed by atoms with Crippen LogP contribution in [0.2, 0.25) is 0 Å². The molecule has 3 rings (SSSR count). The van der Waals surface area contributed by atoms with Gasteiger partial charge in [0.25, 0.3) is 0 Å². The summed E-state index contributed by atoms with van der Waals surface area (Å²) in [5.74, 6) is 1.50. The second kappa shape index (κ2) is 13.6. The van der Waals surface area contributed by atoms with Gasteiger partial charge in [0, 0.05) is 43.7 Å². The zero-order valence-corrected chi connectivity index (χ0v) is 22.1. The highest BCUT2D eigenvalue weighted by molar-refractivity contribution is 14.0. The van der Waals surface area contributed by atoms with Crippen LogP contribution in [0.5, 0.6) is 5.75 Å². The van der Waals surface area contributed by atoms with Gasteiger partial charge in [0.2, 0.25) is 5.91 Å². The maximum Gasteiger partial charge on any atom is 0.242 e. The largest absolute Gasteiger partial charge is 0.491 e. The van der Waals surface area contributed by atoms with Gasteiger partial charge in [0.15, 0.2) is 5.96 Å². The number of rotatable bonds is 9. The molecule has 1 aliphatic rings. The molecule has 176 valence electrons. The first-order valence-corrected chi connectivity index (χ1v) is 11.6. The lowest BCUT2D eigenvalue weighted by Crippen LogP contribution is -2.45. The number of fused-ring (bicyclic) bond motifs is 1. The summed E-state index contributed by atoms with van der Waals surface area (Å²) in [4.78, 5) is 20.2. The second-order valence-electron chi connectivity index (χ2n) is 7.37. The van der Waals surface area contributed by atoms with E-state index >= 15 is 0 Å². The molecule has 0 saturated carbocycles. The van der Waals surface area contributed by atoms with Gasteiger partial charge in [-0.3, -0.25) is 9.79 Å². The topological polar surface area (TPSA) is 75.2 Å². The standard InChI is InChI=1S/C23H32N4O3S.HI/c1-4-29-10-11-30-20-13-17(2)5-6-18(20)14-25-23(24-3)26-15-22(28)27-9-7-21-19(16-27)8-12-31-21;/h5-6,8,12-13H,4,7,9-11,14-16H2,1-3H3,(H2,24,25,26);1H. The van der Waals surface area contributed by atoms with Crippen LogP contribution in [0.3, 0.4) is 0 Å². The zero-order chi connectivity index (χ0) is 22.1. The molecule has 1 aliphatic heterocycles. The highest BCUT2D eigenvalue weighted by atomic mass is 127. The van der Waals surface area contributed by atoms with Crippen molar-refractivity contribution in [1.29, 1.82) is 0 Å². The summed E-state index contributed by atoms with van der Waals surface area (Å²) in [5.41, 5.74) is 3.43. The molecular weight excluding hydrogens is 539 g/mol. The number of aryl methyl sites for hydroxylation is 1. The van der Waals surface area contributed by atoms with Crippen LogP contribution in [-0.2, 0) is 29.0 Å². The number of benzene rings is 1. The molecule has 0 unspecified atom stereocenters. The van der Waals surface area contributed by atoms with Crippen molar-refractivity contribution in [1.82, 2.24) is 15.5 Å². The number of amides is 1. The van der Waals surface area contributed by atoms with E-state index in [0.29, 0.717) is 38.9 Å². The number of ether oxygens (including phenoxy) is 2. The van der Waals surface area contributed by atoms with Gasteiger partial charge >= 0.3 is 0 Å². The Labute approximate surface area is 211 Å². The second-order valence-corrected chi connectivity index (χ2v) is 8.37. The average Bonchev–Trinajstić information content (AvgIpc) is 3.25. The highest BCUT2D eigenvalue weighted by Crippen LogP contribution is 2.24. The zero-order valence-electron chi connectivity index (χ0n) is 19.0. The fourth-order valence-electron chi connectivity index (χ4n) is 3.43. The smallest absolute Gasteiger partial charge is 0.242 e. The molecule has 0 fully saturated rings. The minimum atomic E-state index is 0. The fourth-order valence-corrected chi connectivity index (χ4v) is 4.32. The van der Waals surface area contributed by atoms with Crippen LogP contribution < -0.4 is 15.4 Å². The number of hydrogen-bond donors (Lipinski definition) is 2. The van der Waals surface area contributed by atoms with Crippen molar-refractivity contribution in [2.24, 2.45) is 4.99 Å². The lowest BCUT2D eigenvalue weighted by Gasteiger charge is -2.27. The summed E-state index contributed by atoms with van der Waals surface area (Å²) in [6.07, 6.45) is 0.936. The van der Waals surface area contributed by atoms with Crippen molar-refractivity contribution in [2.75, 3.05) is 40.0 Å². The first-order valence-electron chi connectivity index (χ1n) is 10.7. The maximum absolute atomic E-state index is 12.6. The Bertz CT molecular complexity index is 903. The van der Waals surface area contributed by atoms with Crippen molar-refractivity contribution >= 4 is 47.2 Å². The number of nitrogens with one attached hydrogen (secondary N) is 2. The molecule has 0 aliphatic carbocycles. The molecule has 0 spiro atoms. The molecule has 0 atom stereocenters. The normalized spacial score (nSPS) is 13.2. The first kappa shape index (κ1) is 26.4. The third-order valence-electron chi connectivity index (χ3n) is 5.15. The van der Waals surface area contributed by atoms with E-state index in [0.717, 1.165) is 29.8 Å². The summed E-state index contributed by atoms with van der Waals surface area (Å²) in [5, 5.41) is 8.51. The van der Waals surface area contributed by atoms with Crippen LogP contribution in [0.4, 0.5) is 0 Å². The van der Waals surface area contributed by atoms with Gasteiger partial charge in [-0.05, 0) is 48.9 Å². The molecule has 7 nitrogen and oxygen atoms in total. The van der Waals surface area contributed by atoms with E-state index in [2.05, 4.69) is 33.1 Å². The van der Waals surface area contributed by atoms with E-state index in [1.807, 2.05) is 30.9 Å². The van der Waals surface area contributed by atoms with Crippen molar-refractivity contribution in [3.63, 3.8) is 0 Å². The Kier molecular flexibility index (Phi) is 11.3. The summed E-state index contributed by atoms with van der Waals surface area (Å²) < 4.78 is 11.3. The summed E-state index contributed by atoms with van der Waals surface area (Å²) in [6, 6.07) is 8.24.